The molecule has 2 rings (SSSR count). The largest absolute Gasteiger partial charge is 0.370 e. The molecule has 6 heteroatoms. The van der Waals surface area contributed by atoms with Gasteiger partial charge in [0.15, 0.2) is 5.96 Å². The lowest BCUT2D eigenvalue weighted by molar-refractivity contribution is 0.455. The number of nitrogens with zero attached hydrogens (tertiary/aromatic N) is 4. The molecule has 94 valence electrons. The molecule has 1 aliphatic heterocycles. The van der Waals surface area contributed by atoms with E-state index in [1.807, 2.05) is 36.6 Å². The van der Waals surface area contributed by atoms with Gasteiger partial charge in [0, 0.05) is 42.9 Å². The first-order chi connectivity index (χ1) is 8.18. The first-order valence-electron chi connectivity index (χ1n) is 5.78. The van der Waals surface area contributed by atoms with E-state index in [4.69, 9.17) is 5.73 Å². The summed E-state index contributed by atoms with van der Waals surface area (Å²) in [6, 6.07) is 0. The SMILES string of the molecule is Cc1c(CN=C(N)N2CCSCC2)cnn1C. The Balaban J connectivity index is 1.97. The van der Waals surface area contributed by atoms with Crippen molar-refractivity contribution in [1.82, 2.24) is 14.7 Å². The predicted molar refractivity (Wildman–Crippen MR) is 72.2 cm³/mol. The van der Waals surface area contributed by atoms with Crippen molar-refractivity contribution in [3.8, 4) is 0 Å². The quantitative estimate of drug-likeness (QED) is 0.619. The van der Waals surface area contributed by atoms with Gasteiger partial charge in [0.1, 0.15) is 0 Å². The molecule has 2 N–H and O–H groups in total. The number of aromatic nitrogens is 2. The summed E-state index contributed by atoms with van der Waals surface area (Å²) >= 11 is 1.97. The van der Waals surface area contributed by atoms with E-state index >= 15 is 0 Å². The maximum atomic E-state index is 5.99. The van der Waals surface area contributed by atoms with Gasteiger partial charge in [-0.25, -0.2) is 4.99 Å². The predicted octanol–water partition coefficient (Wildman–Crippen LogP) is 0.592. The molecule has 17 heavy (non-hydrogen) atoms. The molecule has 0 amide bonds. The molecule has 0 atom stereocenters. The average molecular weight is 253 g/mol. The van der Waals surface area contributed by atoms with E-state index in [2.05, 4.69) is 15.0 Å². The van der Waals surface area contributed by atoms with E-state index in [0.717, 1.165) is 35.9 Å². The molecule has 1 aromatic heterocycles. The molecule has 5 nitrogen and oxygen atoms in total. The number of nitrogens with two attached hydrogens (primary N) is 1. The molecular formula is C11H19N5S. The van der Waals surface area contributed by atoms with Gasteiger partial charge < -0.3 is 10.6 Å². The van der Waals surface area contributed by atoms with E-state index in [1.54, 1.807) is 0 Å². The molecule has 0 aliphatic carbocycles. The number of aliphatic imine (C=N–C) groups is 1. The van der Waals surface area contributed by atoms with Crippen LogP contribution in [0.2, 0.25) is 0 Å². The van der Waals surface area contributed by atoms with Crippen molar-refractivity contribution in [2.24, 2.45) is 17.8 Å². The standard InChI is InChI=1S/C11H19N5S/c1-9-10(8-14-15(9)2)7-13-11(12)16-3-5-17-6-4-16/h8H,3-7H2,1-2H3,(H2,12,13). The number of guanidine groups is 1. The van der Waals surface area contributed by atoms with Gasteiger partial charge in [-0.2, -0.15) is 16.9 Å². The number of hydrogen-bond donors (Lipinski definition) is 1. The molecular weight excluding hydrogens is 234 g/mol. The van der Waals surface area contributed by atoms with Crippen molar-refractivity contribution < 1.29 is 0 Å². The topological polar surface area (TPSA) is 59.4 Å². The first kappa shape index (κ1) is 12.3. The number of thioether (sulfide) groups is 1. The normalized spacial score (nSPS) is 17.5. The second-order valence-electron chi connectivity index (χ2n) is 4.15. The molecule has 0 saturated carbocycles. The highest BCUT2D eigenvalue weighted by molar-refractivity contribution is 7.99. The molecule has 1 aliphatic rings. The zero-order valence-corrected chi connectivity index (χ0v) is 11.2. The zero-order chi connectivity index (χ0) is 12.3. The van der Waals surface area contributed by atoms with Gasteiger partial charge in [0.25, 0.3) is 0 Å². The minimum Gasteiger partial charge on any atom is -0.370 e. The zero-order valence-electron chi connectivity index (χ0n) is 10.4. The highest BCUT2D eigenvalue weighted by Gasteiger charge is 2.12. The Morgan fingerprint density at radius 2 is 2.24 bits per heavy atom. The lowest BCUT2D eigenvalue weighted by atomic mass is 10.3. The van der Waals surface area contributed by atoms with Crippen LogP contribution in [0.25, 0.3) is 0 Å². The fraction of sp³-hybridized carbons (Fsp3) is 0.636. The number of rotatable bonds is 2. The highest BCUT2D eigenvalue weighted by Crippen LogP contribution is 2.10. The summed E-state index contributed by atoms with van der Waals surface area (Å²) in [5.74, 6) is 2.94. The lowest BCUT2D eigenvalue weighted by Gasteiger charge is -2.27. The van der Waals surface area contributed by atoms with Gasteiger partial charge in [-0.05, 0) is 6.92 Å². The van der Waals surface area contributed by atoms with Crippen LogP contribution in [0.1, 0.15) is 11.3 Å². The van der Waals surface area contributed by atoms with Crippen molar-refractivity contribution in [3.05, 3.63) is 17.5 Å². The van der Waals surface area contributed by atoms with Crippen molar-refractivity contribution in [3.63, 3.8) is 0 Å². The molecule has 1 saturated heterocycles. The van der Waals surface area contributed by atoms with Crippen LogP contribution in [0.4, 0.5) is 0 Å². The second kappa shape index (κ2) is 5.44. The Hall–Kier alpha value is -1.17. The van der Waals surface area contributed by atoms with Gasteiger partial charge in [-0.1, -0.05) is 0 Å². The third kappa shape index (κ3) is 2.94. The van der Waals surface area contributed by atoms with Crippen LogP contribution in [0, 0.1) is 6.92 Å². The molecule has 0 spiro atoms. The van der Waals surface area contributed by atoms with E-state index in [0.29, 0.717) is 12.5 Å². The Morgan fingerprint density at radius 3 is 2.82 bits per heavy atom. The Labute approximate surface area is 106 Å². The summed E-state index contributed by atoms with van der Waals surface area (Å²) in [7, 11) is 1.94. The molecule has 1 aromatic rings. The van der Waals surface area contributed by atoms with Crippen molar-refractivity contribution in [2.45, 2.75) is 13.5 Å². The van der Waals surface area contributed by atoms with Crippen LogP contribution in [-0.4, -0.2) is 45.2 Å². The van der Waals surface area contributed by atoms with Gasteiger partial charge in [-0.15, -0.1) is 0 Å². The number of aryl methyl sites for hydroxylation is 1. The van der Waals surface area contributed by atoms with Gasteiger partial charge in [0.05, 0.1) is 12.7 Å². The number of hydrogen-bond acceptors (Lipinski definition) is 3. The summed E-state index contributed by atoms with van der Waals surface area (Å²) < 4.78 is 1.86. The second-order valence-corrected chi connectivity index (χ2v) is 5.38. The van der Waals surface area contributed by atoms with Crippen molar-refractivity contribution >= 4 is 17.7 Å². The fourth-order valence-corrected chi connectivity index (χ4v) is 2.66. The molecule has 0 radical (unpaired) electrons. The van der Waals surface area contributed by atoms with Crippen LogP contribution >= 0.6 is 11.8 Å². The first-order valence-corrected chi connectivity index (χ1v) is 6.94. The molecule has 0 unspecified atom stereocenters. The fourth-order valence-electron chi connectivity index (χ4n) is 1.76. The summed E-state index contributed by atoms with van der Waals surface area (Å²) in [5, 5.41) is 4.20. The third-order valence-corrected chi connectivity index (χ3v) is 4.03. The van der Waals surface area contributed by atoms with E-state index in [9.17, 15) is 0 Å². The Bertz CT molecular complexity index is 406. The van der Waals surface area contributed by atoms with Crippen molar-refractivity contribution in [1.29, 1.82) is 0 Å². The van der Waals surface area contributed by atoms with E-state index < -0.39 is 0 Å². The van der Waals surface area contributed by atoms with Gasteiger partial charge in [0.2, 0.25) is 0 Å². The van der Waals surface area contributed by atoms with Crippen LogP contribution in [0.5, 0.6) is 0 Å². The van der Waals surface area contributed by atoms with Crippen LogP contribution in [-0.2, 0) is 13.6 Å². The highest BCUT2D eigenvalue weighted by atomic mass is 32.2. The third-order valence-electron chi connectivity index (χ3n) is 3.08. The van der Waals surface area contributed by atoms with Gasteiger partial charge in [-0.3, -0.25) is 4.68 Å². The van der Waals surface area contributed by atoms with Crippen LogP contribution < -0.4 is 5.73 Å². The van der Waals surface area contributed by atoms with Crippen LogP contribution in [0.3, 0.4) is 0 Å². The summed E-state index contributed by atoms with van der Waals surface area (Å²) in [5.41, 5.74) is 8.28. The summed E-state index contributed by atoms with van der Waals surface area (Å²) in [4.78, 5) is 6.60. The Kier molecular flexibility index (Phi) is 3.93. The van der Waals surface area contributed by atoms with Gasteiger partial charge >= 0.3 is 0 Å². The summed E-state index contributed by atoms with van der Waals surface area (Å²) in [6.07, 6.45) is 1.86. The maximum Gasteiger partial charge on any atom is 0.191 e. The minimum atomic E-state index is 0.620. The van der Waals surface area contributed by atoms with E-state index in [1.165, 1.54) is 0 Å². The Morgan fingerprint density at radius 1 is 1.53 bits per heavy atom. The van der Waals surface area contributed by atoms with Crippen LogP contribution in [0.15, 0.2) is 11.2 Å². The average Bonchev–Trinajstić information content (AvgIpc) is 2.68. The summed E-state index contributed by atoms with van der Waals surface area (Å²) in [6.45, 7) is 4.68. The minimum absolute atomic E-state index is 0.620. The molecule has 2 heterocycles. The molecule has 0 aromatic carbocycles. The monoisotopic (exact) mass is 253 g/mol. The lowest BCUT2D eigenvalue weighted by Crippen LogP contribution is -2.42. The smallest absolute Gasteiger partial charge is 0.191 e. The maximum absolute atomic E-state index is 5.99. The molecule has 0 bridgehead atoms. The molecule has 1 fully saturated rings. The van der Waals surface area contributed by atoms with Crippen molar-refractivity contribution in [2.75, 3.05) is 24.6 Å². The van der Waals surface area contributed by atoms with E-state index in [-0.39, 0.29) is 0 Å².